The van der Waals surface area contributed by atoms with Gasteiger partial charge in [0.15, 0.2) is 6.29 Å². The van der Waals surface area contributed by atoms with E-state index in [4.69, 9.17) is 17.3 Å². The van der Waals surface area contributed by atoms with E-state index < -0.39 is 0 Å². The van der Waals surface area contributed by atoms with Gasteiger partial charge in [-0.05, 0) is 47.5 Å². The first-order valence-corrected chi connectivity index (χ1v) is 7.57. The molecule has 4 heteroatoms. The van der Waals surface area contributed by atoms with Gasteiger partial charge in [-0.2, -0.15) is 0 Å². The number of benzene rings is 2. The summed E-state index contributed by atoms with van der Waals surface area (Å²) in [6, 6.07) is 17.3. The maximum absolute atomic E-state index is 10.8. The number of nitrogens with two attached hydrogens (primary N) is 1. The molecule has 2 N–H and O–H groups in total. The number of anilines is 1. The highest BCUT2D eigenvalue weighted by Crippen LogP contribution is 2.34. The first-order chi connectivity index (χ1) is 10.2. The molecule has 0 radical (unpaired) electrons. The summed E-state index contributed by atoms with van der Waals surface area (Å²) in [4.78, 5) is 12.6. The predicted octanol–water partition coefficient (Wildman–Crippen LogP) is 5.13. The summed E-state index contributed by atoms with van der Waals surface area (Å²) >= 11 is 7.39. The van der Waals surface area contributed by atoms with E-state index in [-0.39, 0.29) is 0 Å². The van der Waals surface area contributed by atoms with Crippen LogP contribution >= 0.6 is 22.9 Å². The minimum atomic E-state index is 0.697. The highest BCUT2D eigenvalue weighted by atomic mass is 35.5. The van der Waals surface area contributed by atoms with Crippen LogP contribution in [0.1, 0.15) is 9.67 Å². The molecule has 0 bridgehead atoms. The fourth-order valence-electron chi connectivity index (χ4n) is 2.16. The van der Waals surface area contributed by atoms with Gasteiger partial charge in [0.1, 0.15) is 0 Å². The average molecular weight is 314 g/mol. The van der Waals surface area contributed by atoms with Crippen LogP contribution in [0.2, 0.25) is 5.02 Å². The largest absolute Gasteiger partial charge is 0.398 e. The molecule has 0 aliphatic carbocycles. The van der Waals surface area contributed by atoms with Gasteiger partial charge in [-0.1, -0.05) is 29.8 Å². The van der Waals surface area contributed by atoms with E-state index in [0.29, 0.717) is 10.7 Å². The minimum absolute atomic E-state index is 0.697. The zero-order chi connectivity index (χ0) is 14.8. The molecular formula is C17H12ClNOS. The van der Waals surface area contributed by atoms with Crippen molar-refractivity contribution >= 4 is 34.9 Å². The molecule has 0 fully saturated rings. The molecule has 1 aromatic heterocycles. The number of aldehydes is 1. The van der Waals surface area contributed by atoms with E-state index in [9.17, 15) is 4.79 Å². The van der Waals surface area contributed by atoms with E-state index >= 15 is 0 Å². The number of carbonyl (C=O) groups excluding carboxylic acids is 1. The number of hydrogen-bond donors (Lipinski definition) is 1. The van der Waals surface area contributed by atoms with Crippen LogP contribution in [0.25, 0.3) is 21.6 Å². The molecule has 1 heterocycles. The Morgan fingerprint density at radius 3 is 2.33 bits per heavy atom. The minimum Gasteiger partial charge on any atom is -0.398 e. The first kappa shape index (κ1) is 13.9. The van der Waals surface area contributed by atoms with E-state index in [1.165, 1.54) is 11.3 Å². The smallest absolute Gasteiger partial charge is 0.160 e. The Labute approximate surface area is 131 Å². The van der Waals surface area contributed by atoms with Crippen molar-refractivity contribution in [3.8, 4) is 21.6 Å². The van der Waals surface area contributed by atoms with Gasteiger partial charge in [-0.25, -0.2) is 0 Å². The van der Waals surface area contributed by atoms with Gasteiger partial charge in [0, 0.05) is 21.2 Å². The Kier molecular flexibility index (Phi) is 3.78. The van der Waals surface area contributed by atoms with Gasteiger partial charge in [-0.3, -0.25) is 4.79 Å². The summed E-state index contributed by atoms with van der Waals surface area (Å²) in [6.07, 6.45) is 0.867. The van der Waals surface area contributed by atoms with Crippen LogP contribution in [0.15, 0.2) is 54.6 Å². The van der Waals surface area contributed by atoms with Gasteiger partial charge in [0.25, 0.3) is 0 Å². The lowest BCUT2D eigenvalue weighted by atomic mass is 10.0. The number of halogens is 1. The van der Waals surface area contributed by atoms with Crippen LogP contribution in [0.3, 0.4) is 0 Å². The molecule has 104 valence electrons. The third kappa shape index (κ3) is 2.84. The van der Waals surface area contributed by atoms with Crippen LogP contribution in [0.4, 0.5) is 5.69 Å². The van der Waals surface area contributed by atoms with Gasteiger partial charge < -0.3 is 5.73 Å². The molecule has 0 aliphatic heterocycles. The van der Waals surface area contributed by atoms with Crippen molar-refractivity contribution in [2.75, 3.05) is 5.73 Å². The van der Waals surface area contributed by atoms with Crippen molar-refractivity contribution in [1.82, 2.24) is 0 Å². The van der Waals surface area contributed by atoms with E-state index in [2.05, 4.69) is 0 Å². The van der Waals surface area contributed by atoms with Crippen molar-refractivity contribution in [2.24, 2.45) is 0 Å². The number of carbonyl (C=O) groups is 1. The van der Waals surface area contributed by atoms with Gasteiger partial charge in [0.05, 0.1) is 4.88 Å². The first-order valence-electron chi connectivity index (χ1n) is 6.38. The Bertz CT molecular complexity index is 793. The third-order valence-corrected chi connectivity index (χ3v) is 4.55. The normalized spacial score (nSPS) is 10.5. The topological polar surface area (TPSA) is 43.1 Å². The number of thiophene rings is 1. The molecule has 2 aromatic carbocycles. The van der Waals surface area contributed by atoms with Gasteiger partial charge in [0.2, 0.25) is 0 Å². The predicted molar refractivity (Wildman–Crippen MR) is 90.0 cm³/mol. The maximum Gasteiger partial charge on any atom is 0.160 e. The Hall–Kier alpha value is -2.10. The SMILES string of the molecule is Nc1ccc(-c2ccc(C=O)s2)cc1-c1ccc(Cl)cc1. The molecule has 0 aliphatic rings. The molecule has 0 saturated heterocycles. The van der Waals surface area contributed by atoms with E-state index in [1.54, 1.807) is 0 Å². The summed E-state index contributed by atoms with van der Waals surface area (Å²) in [7, 11) is 0. The molecule has 0 saturated carbocycles. The van der Waals surface area contributed by atoms with Crippen LogP contribution < -0.4 is 5.73 Å². The van der Waals surface area contributed by atoms with Crippen LogP contribution in [-0.4, -0.2) is 6.29 Å². The lowest BCUT2D eigenvalue weighted by Crippen LogP contribution is -1.90. The molecule has 3 aromatic rings. The zero-order valence-corrected chi connectivity index (χ0v) is 12.6. The summed E-state index contributed by atoms with van der Waals surface area (Å²) in [5.41, 5.74) is 9.83. The van der Waals surface area contributed by atoms with Crippen molar-refractivity contribution in [3.63, 3.8) is 0 Å². The third-order valence-electron chi connectivity index (χ3n) is 3.24. The Balaban J connectivity index is 2.07. The summed E-state index contributed by atoms with van der Waals surface area (Å²) in [6.45, 7) is 0. The molecule has 3 rings (SSSR count). The molecule has 21 heavy (non-hydrogen) atoms. The summed E-state index contributed by atoms with van der Waals surface area (Å²) in [5, 5.41) is 0.697. The maximum atomic E-state index is 10.8. The number of nitrogen functional groups attached to an aromatic ring is 1. The standard InChI is InChI=1S/C17H12ClNOS/c18-13-4-1-11(2-5-13)15-9-12(3-7-16(15)19)17-8-6-14(10-20)21-17/h1-10H,19H2. The second-order valence-electron chi connectivity index (χ2n) is 4.63. The van der Waals surface area contributed by atoms with Crippen molar-refractivity contribution in [2.45, 2.75) is 0 Å². The molecule has 0 atom stereocenters. The van der Waals surface area contributed by atoms with Gasteiger partial charge in [-0.15, -0.1) is 11.3 Å². The zero-order valence-electron chi connectivity index (χ0n) is 11.0. The summed E-state index contributed by atoms with van der Waals surface area (Å²) < 4.78 is 0. The van der Waals surface area contributed by atoms with Crippen LogP contribution in [0, 0.1) is 0 Å². The Morgan fingerprint density at radius 2 is 1.67 bits per heavy atom. The van der Waals surface area contributed by atoms with Gasteiger partial charge >= 0.3 is 0 Å². The monoisotopic (exact) mass is 313 g/mol. The quantitative estimate of drug-likeness (QED) is 0.538. The van der Waals surface area contributed by atoms with Crippen molar-refractivity contribution in [3.05, 3.63) is 64.5 Å². The highest BCUT2D eigenvalue weighted by Gasteiger charge is 2.08. The van der Waals surface area contributed by atoms with Crippen molar-refractivity contribution in [1.29, 1.82) is 0 Å². The van der Waals surface area contributed by atoms with Crippen LogP contribution in [0.5, 0.6) is 0 Å². The lowest BCUT2D eigenvalue weighted by molar-refractivity contribution is 0.112. The van der Waals surface area contributed by atoms with Crippen LogP contribution in [-0.2, 0) is 0 Å². The fraction of sp³-hybridized carbons (Fsp3) is 0. The summed E-state index contributed by atoms with van der Waals surface area (Å²) in [5.74, 6) is 0. The fourth-order valence-corrected chi connectivity index (χ4v) is 3.11. The Morgan fingerprint density at radius 1 is 0.952 bits per heavy atom. The average Bonchev–Trinajstić information content (AvgIpc) is 2.98. The molecule has 0 spiro atoms. The van der Waals surface area contributed by atoms with Crippen molar-refractivity contribution < 1.29 is 4.79 Å². The second-order valence-corrected chi connectivity index (χ2v) is 6.18. The van der Waals surface area contributed by atoms with E-state index in [0.717, 1.165) is 32.7 Å². The second kappa shape index (κ2) is 5.72. The molecular weight excluding hydrogens is 302 g/mol. The molecule has 2 nitrogen and oxygen atoms in total. The highest BCUT2D eigenvalue weighted by molar-refractivity contribution is 7.17. The van der Waals surface area contributed by atoms with E-state index in [1.807, 2.05) is 54.6 Å². The molecule has 0 unspecified atom stereocenters. The number of hydrogen-bond acceptors (Lipinski definition) is 3. The lowest BCUT2D eigenvalue weighted by Gasteiger charge is -2.08. The molecule has 0 amide bonds. The number of rotatable bonds is 3.